The van der Waals surface area contributed by atoms with Crippen molar-refractivity contribution >= 4 is 61.7 Å². The Labute approximate surface area is 204 Å². The molecule has 1 atom stereocenters. The van der Waals surface area contributed by atoms with Crippen molar-refractivity contribution in [2.45, 2.75) is 51.5 Å². The highest BCUT2D eigenvalue weighted by Gasteiger charge is 2.25. The van der Waals surface area contributed by atoms with Gasteiger partial charge in [0, 0.05) is 27.1 Å². The molecule has 0 saturated carbocycles. The smallest absolute Gasteiger partial charge is 0.175 e. The molecule has 0 spiro atoms. The molecular weight excluding hydrogens is 461 g/mol. The van der Waals surface area contributed by atoms with E-state index in [9.17, 15) is 4.39 Å². The summed E-state index contributed by atoms with van der Waals surface area (Å²) in [7, 11) is 0. The Morgan fingerprint density at radius 2 is 1.94 bits per heavy atom. The second-order valence-electron chi connectivity index (χ2n) is 8.59. The van der Waals surface area contributed by atoms with Crippen molar-refractivity contribution in [2.75, 3.05) is 23.7 Å². The van der Waals surface area contributed by atoms with Crippen molar-refractivity contribution in [3.05, 3.63) is 58.2 Å². The van der Waals surface area contributed by atoms with Crippen LogP contribution in [0.4, 0.5) is 15.8 Å². The van der Waals surface area contributed by atoms with Gasteiger partial charge in [-0.15, -0.1) is 11.3 Å². The van der Waals surface area contributed by atoms with Gasteiger partial charge < -0.3 is 15.5 Å². The molecule has 0 aliphatic carbocycles. The van der Waals surface area contributed by atoms with E-state index in [4.69, 9.17) is 23.8 Å². The number of thiophene rings is 1. The summed E-state index contributed by atoms with van der Waals surface area (Å²) in [5.41, 5.74) is 2.90. The Balaban J connectivity index is 1.44. The SMILES string of the molecule is CCCC(C)N1CCC(c2csc3ccc(NC(=S)Nc4cc(F)cc(Cl)c4)cc23)CC1. The van der Waals surface area contributed by atoms with Gasteiger partial charge in [-0.2, -0.15) is 0 Å². The maximum atomic E-state index is 13.6. The van der Waals surface area contributed by atoms with Crippen LogP contribution in [0.2, 0.25) is 5.02 Å². The van der Waals surface area contributed by atoms with Gasteiger partial charge in [0.2, 0.25) is 0 Å². The van der Waals surface area contributed by atoms with E-state index in [0.717, 1.165) is 5.69 Å². The average Bonchev–Trinajstić information content (AvgIpc) is 3.16. The van der Waals surface area contributed by atoms with Gasteiger partial charge in [0.1, 0.15) is 5.82 Å². The molecule has 170 valence electrons. The van der Waals surface area contributed by atoms with Gasteiger partial charge in [0.25, 0.3) is 0 Å². The van der Waals surface area contributed by atoms with Gasteiger partial charge in [-0.25, -0.2) is 4.39 Å². The maximum absolute atomic E-state index is 13.6. The maximum Gasteiger partial charge on any atom is 0.175 e. The molecule has 7 heteroatoms. The molecule has 1 aliphatic heterocycles. The lowest BCUT2D eigenvalue weighted by molar-refractivity contribution is 0.155. The summed E-state index contributed by atoms with van der Waals surface area (Å²) in [5, 5.41) is 10.6. The Hall–Kier alpha value is -1.73. The molecule has 32 heavy (non-hydrogen) atoms. The molecule has 1 fully saturated rings. The van der Waals surface area contributed by atoms with Crippen LogP contribution in [0.5, 0.6) is 0 Å². The minimum atomic E-state index is -0.401. The average molecular weight is 490 g/mol. The largest absolute Gasteiger partial charge is 0.332 e. The van der Waals surface area contributed by atoms with Gasteiger partial charge in [-0.1, -0.05) is 24.9 Å². The molecule has 0 bridgehead atoms. The number of nitrogens with zero attached hydrogens (tertiary/aromatic N) is 1. The van der Waals surface area contributed by atoms with Crippen LogP contribution >= 0.6 is 35.2 Å². The highest BCUT2D eigenvalue weighted by Crippen LogP contribution is 2.38. The predicted molar refractivity (Wildman–Crippen MR) is 141 cm³/mol. The van der Waals surface area contributed by atoms with E-state index in [-0.39, 0.29) is 0 Å². The van der Waals surface area contributed by atoms with Gasteiger partial charge >= 0.3 is 0 Å². The Morgan fingerprint density at radius 3 is 2.66 bits per heavy atom. The second-order valence-corrected chi connectivity index (χ2v) is 10.3. The highest BCUT2D eigenvalue weighted by atomic mass is 35.5. The van der Waals surface area contributed by atoms with Gasteiger partial charge in [-0.3, -0.25) is 0 Å². The fourth-order valence-corrected chi connectivity index (χ4v) is 6.09. The van der Waals surface area contributed by atoms with Gasteiger partial charge in [-0.05, 0) is 110 Å². The molecule has 3 nitrogen and oxygen atoms in total. The number of rotatable bonds is 6. The number of piperidine rings is 1. The van der Waals surface area contributed by atoms with Crippen molar-refractivity contribution in [3.63, 3.8) is 0 Å². The Bertz CT molecular complexity index is 1070. The number of thiocarbonyl (C=S) groups is 1. The van der Waals surface area contributed by atoms with E-state index < -0.39 is 5.82 Å². The van der Waals surface area contributed by atoms with Gasteiger partial charge in [0.05, 0.1) is 0 Å². The highest BCUT2D eigenvalue weighted by molar-refractivity contribution is 7.80. The zero-order valence-electron chi connectivity index (χ0n) is 18.5. The summed E-state index contributed by atoms with van der Waals surface area (Å²) in [6, 6.07) is 11.3. The minimum Gasteiger partial charge on any atom is -0.332 e. The fourth-order valence-electron chi connectivity index (χ4n) is 4.61. The zero-order chi connectivity index (χ0) is 22.7. The van der Waals surface area contributed by atoms with Crippen LogP contribution in [0.15, 0.2) is 41.8 Å². The van der Waals surface area contributed by atoms with E-state index >= 15 is 0 Å². The second kappa shape index (κ2) is 10.5. The molecule has 1 saturated heterocycles. The third-order valence-corrected chi connectivity index (χ3v) is 7.68. The molecule has 0 amide bonds. The van der Waals surface area contributed by atoms with E-state index in [1.165, 1.54) is 66.6 Å². The number of hydrogen-bond donors (Lipinski definition) is 2. The first kappa shape index (κ1) is 23.4. The van der Waals surface area contributed by atoms with Crippen LogP contribution < -0.4 is 10.6 Å². The molecule has 1 aromatic heterocycles. The normalized spacial score (nSPS) is 16.2. The Morgan fingerprint density at radius 1 is 1.19 bits per heavy atom. The van der Waals surface area contributed by atoms with E-state index in [0.29, 0.717) is 27.8 Å². The summed E-state index contributed by atoms with van der Waals surface area (Å²) in [6.07, 6.45) is 4.93. The molecule has 2 heterocycles. The van der Waals surface area contributed by atoms with Crippen LogP contribution in [-0.4, -0.2) is 29.1 Å². The van der Waals surface area contributed by atoms with Crippen molar-refractivity contribution in [1.29, 1.82) is 0 Å². The van der Waals surface area contributed by atoms with E-state index in [1.807, 2.05) is 17.4 Å². The first-order chi connectivity index (χ1) is 15.4. The van der Waals surface area contributed by atoms with Crippen LogP contribution in [0.25, 0.3) is 10.1 Å². The van der Waals surface area contributed by atoms with Crippen molar-refractivity contribution in [1.82, 2.24) is 4.90 Å². The molecule has 2 aromatic carbocycles. The Kier molecular flexibility index (Phi) is 7.66. The number of halogens is 2. The summed E-state index contributed by atoms with van der Waals surface area (Å²) < 4.78 is 14.9. The molecule has 3 aromatic rings. The molecule has 2 N–H and O–H groups in total. The van der Waals surface area contributed by atoms with Crippen LogP contribution in [0, 0.1) is 5.82 Å². The molecule has 1 unspecified atom stereocenters. The van der Waals surface area contributed by atoms with Crippen LogP contribution in [-0.2, 0) is 0 Å². The molecular formula is C25H29ClFN3S2. The predicted octanol–water partition coefficient (Wildman–Crippen LogP) is 7.87. The van der Waals surface area contributed by atoms with E-state index in [1.54, 1.807) is 6.07 Å². The van der Waals surface area contributed by atoms with Crippen LogP contribution in [0.3, 0.4) is 0 Å². The van der Waals surface area contributed by atoms with Gasteiger partial charge in [0.15, 0.2) is 5.11 Å². The molecule has 0 radical (unpaired) electrons. The molecule has 4 rings (SSSR count). The lowest BCUT2D eigenvalue weighted by atomic mass is 9.88. The summed E-state index contributed by atoms with van der Waals surface area (Å²) in [6.45, 7) is 6.97. The first-order valence-electron chi connectivity index (χ1n) is 11.2. The topological polar surface area (TPSA) is 27.3 Å². The van der Waals surface area contributed by atoms with Crippen molar-refractivity contribution < 1.29 is 4.39 Å². The van der Waals surface area contributed by atoms with E-state index in [2.05, 4.69) is 46.9 Å². The minimum absolute atomic E-state index is 0.328. The first-order valence-corrected chi connectivity index (χ1v) is 12.9. The van der Waals surface area contributed by atoms with Crippen LogP contribution in [0.1, 0.15) is 51.0 Å². The quantitative estimate of drug-likeness (QED) is 0.344. The number of likely N-dealkylation sites (tertiary alicyclic amines) is 1. The summed E-state index contributed by atoms with van der Waals surface area (Å²) in [4.78, 5) is 2.64. The third kappa shape index (κ3) is 5.60. The number of nitrogens with one attached hydrogen (secondary N) is 2. The number of anilines is 2. The number of hydrogen-bond acceptors (Lipinski definition) is 3. The number of benzene rings is 2. The fraction of sp³-hybridized carbons (Fsp3) is 0.400. The summed E-state index contributed by atoms with van der Waals surface area (Å²) in [5.74, 6) is 0.200. The standard InChI is InChI=1S/C25H29ClFN3S2/c1-3-4-16(2)30-9-7-17(8-10-30)23-15-32-24-6-5-20(14-22(23)24)28-25(31)29-21-12-18(26)11-19(27)13-21/h5-6,11-17H,3-4,7-10H2,1-2H3,(H2,28,29,31). The summed E-state index contributed by atoms with van der Waals surface area (Å²) >= 11 is 13.2. The monoisotopic (exact) mass is 489 g/mol. The zero-order valence-corrected chi connectivity index (χ0v) is 20.8. The lowest BCUT2D eigenvalue weighted by Crippen LogP contribution is -2.39. The number of fused-ring (bicyclic) bond motifs is 1. The molecule has 1 aliphatic rings. The van der Waals surface area contributed by atoms with Crippen molar-refractivity contribution in [2.24, 2.45) is 0 Å². The third-order valence-electron chi connectivity index (χ3n) is 6.28. The lowest BCUT2D eigenvalue weighted by Gasteiger charge is -2.36. The van der Waals surface area contributed by atoms with Crippen molar-refractivity contribution in [3.8, 4) is 0 Å².